The quantitative estimate of drug-likeness (QED) is 0.291. The fourth-order valence-electron chi connectivity index (χ4n) is 3.79. The molecule has 0 spiro atoms. The van der Waals surface area contributed by atoms with Crippen LogP contribution in [0.5, 0.6) is 11.5 Å². The zero-order valence-corrected chi connectivity index (χ0v) is 19.7. The number of fused-ring (bicyclic) bond motifs is 1. The Morgan fingerprint density at radius 1 is 0.971 bits per heavy atom. The van der Waals surface area contributed by atoms with Gasteiger partial charge in [0.15, 0.2) is 6.61 Å². The molecule has 35 heavy (non-hydrogen) atoms. The minimum absolute atomic E-state index is 0.145. The van der Waals surface area contributed by atoms with E-state index in [0.29, 0.717) is 17.2 Å². The van der Waals surface area contributed by atoms with Crippen molar-refractivity contribution < 1.29 is 19.1 Å². The summed E-state index contributed by atoms with van der Waals surface area (Å²) in [7, 11) is 0. The second kappa shape index (κ2) is 10.8. The van der Waals surface area contributed by atoms with Crippen LogP contribution in [-0.4, -0.2) is 30.0 Å². The Labute approximate surface area is 203 Å². The lowest BCUT2D eigenvalue weighted by Gasteiger charge is -2.16. The third-order valence-electron chi connectivity index (χ3n) is 5.65. The van der Waals surface area contributed by atoms with Gasteiger partial charge in [0, 0.05) is 30.0 Å². The van der Waals surface area contributed by atoms with Crippen LogP contribution in [0, 0.1) is 13.8 Å². The summed E-state index contributed by atoms with van der Waals surface area (Å²) in [5, 5.41) is 4.92. The summed E-state index contributed by atoms with van der Waals surface area (Å²) in [5.41, 5.74) is 9.34. The normalized spacial score (nSPS) is 11.6. The lowest BCUT2D eigenvalue weighted by Crippen LogP contribution is -2.27. The number of amides is 1. The van der Waals surface area contributed by atoms with Crippen molar-refractivity contribution in [3.63, 3.8) is 0 Å². The Balaban J connectivity index is 1.35. The van der Waals surface area contributed by atoms with Gasteiger partial charge in [-0.3, -0.25) is 9.78 Å². The number of ether oxygens (including phenoxy) is 2. The van der Waals surface area contributed by atoms with Crippen molar-refractivity contribution in [1.82, 2.24) is 4.98 Å². The van der Waals surface area contributed by atoms with E-state index < -0.39 is 11.9 Å². The molecule has 4 aromatic rings. The van der Waals surface area contributed by atoms with Crippen molar-refractivity contribution in [3.8, 4) is 11.5 Å². The molecule has 1 unspecified atom stereocenters. The zero-order valence-electron chi connectivity index (χ0n) is 19.7. The van der Waals surface area contributed by atoms with Crippen molar-refractivity contribution in [2.75, 3.05) is 18.5 Å². The van der Waals surface area contributed by atoms with Gasteiger partial charge in [0.2, 0.25) is 5.91 Å². The van der Waals surface area contributed by atoms with E-state index in [2.05, 4.69) is 10.3 Å². The number of nitrogens with two attached hydrogens (primary N) is 1. The smallest absolute Gasteiger partial charge is 0.349 e. The number of aryl methyl sites for hydroxylation is 2. The number of nitrogens with zero attached hydrogens (tertiary/aromatic N) is 1. The maximum absolute atomic E-state index is 12.9. The molecule has 1 amide bonds. The number of benzene rings is 3. The first kappa shape index (κ1) is 23.9. The van der Waals surface area contributed by atoms with Crippen LogP contribution in [0.25, 0.3) is 10.8 Å². The van der Waals surface area contributed by atoms with Gasteiger partial charge in [-0.25, -0.2) is 4.79 Å². The molecule has 1 aromatic heterocycles. The summed E-state index contributed by atoms with van der Waals surface area (Å²) >= 11 is 0. The molecular formula is C28H27N3O4. The second-order valence-corrected chi connectivity index (χ2v) is 8.32. The summed E-state index contributed by atoms with van der Waals surface area (Å²) in [6.45, 7) is 3.78. The molecule has 4 rings (SSSR count). The molecule has 1 heterocycles. The SMILES string of the molecule is Cc1ccc(OC(=O)COc2ccc(C(CN)C(=O)Nc3ccc4cnccc4c3)cc2)c(C)c1. The van der Waals surface area contributed by atoms with Crippen LogP contribution >= 0.6 is 0 Å². The maximum atomic E-state index is 12.9. The summed E-state index contributed by atoms with van der Waals surface area (Å²) in [5.74, 6) is -0.227. The van der Waals surface area contributed by atoms with Crippen molar-refractivity contribution in [2.45, 2.75) is 19.8 Å². The first-order chi connectivity index (χ1) is 16.9. The first-order valence-corrected chi connectivity index (χ1v) is 11.3. The Kier molecular flexibility index (Phi) is 7.38. The number of carbonyl (C=O) groups excluding carboxylic acids is 2. The molecule has 0 bridgehead atoms. The van der Waals surface area contributed by atoms with Gasteiger partial charge in [-0.2, -0.15) is 0 Å². The fraction of sp³-hybridized carbons (Fsp3) is 0.179. The minimum atomic E-state index is -0.535. The molecule has 0 aliphatic heterocycles. The molecule has 0 fully saturated rings. The van der Waals surface area contributed by atoms with Crippen LogP contribution in [0.1, 0.15) is 22.6 Å². The van der Waals surface area contributed by atoms with E-state index in [9.17, 15) is 9.59 Å². The third-order valence-corrected chi connectivity index (χ3v) is 5.65. The lowest BCUT2D eigenvalue weighted by atomic mass is 9.98. The molecule has 0 saturated carbocycles. The van der Waals surface area contributed by atoms with Gasteiger partial charge in [-0.15, -0.1) is 0 Å². The highest BCUT2D eigenvalue weighted by Gasteiger charge is 2.19. The highest BCUT2D eigenvalue weighted by atomic mass is 16.6. The molecule has 7 heteroatoms. The molecule has 3 aromatic carbocycles. The number of nitrogens with one attached hydrogen (secondary N) is 1. The van der Waals surface area contributed by atoms with Gasteiger partial charge in [0.25, 0.3) is 0 Å². The van der Waals surface area contributed by atoms with Gasteiger partial charge in [0.05, 0.1) is 5.92 Å². The highest BCUT2D eigenvalue weighted by Crippen LogP contribution is 2.23. The van der Waals surface area contributed by atoms with Crippen molar-refractivity contribution in [1.29, 1.82) is 0 Å². The van der Waals surface area contributed by atoms with Crippen molar-refractivity contribution >= 4 is 28.3 Å². The Bertz CT molecular complexity index is 1350. The molecular weight excluding hydrogens is 442 g/mol. The number of aromatic nitrogens is 1. The number of anilines is 1. The monoisotopic (exact) mass is 469 g/mol. The molecule has 0 radical (unpaired) electrons. The molecule has 3 N–H and O–H groups in total. The Hall–Kier alpha value is -4.23. The van der Waals surface area contributed by atoms with Gasteiger partial charge in [0.1, 0.15) is 11.5 Å². The predicted octanol–water partition coefficient (Wildman–Crippen LogP) is 4.52. The van der Waals surface area contributed by atoms with Gasteiger partial charge in [-0.1, -0.05) is 35.9 Å². The van der Waals surface area contributed by atoms with Gasteiger partial charge in [-0.05, 0) is 66.8 Å². The average Bonchev–Trinajstić information content (AvgIpc) is 2.85. The number of hydrogen-bond donors (Lipinski definition) is 2. The van der Waals surface area contributed by atoms with Gasteiger partial charge < -0.3 is 20.5 Å². The summed E-state index contributed by atoms with van der Waals surface area (Å²) < 4.78 is 10.9. The minimum Gasteiger partial charge on any atom is -0.482 e. The van der Waals surface area contributed by atoms with Crippen molar-refractivity contribution in [2.24, 2.45) is 5.73 Å². The maximum Gasteiger partial charge on any atom is 0.349 e. The topological polar surface area (TPSA) is 104 Å². The number of pyridine rings is 1. The Morgan fingerprint density at radius 3 is 2.51 bits per heavy atom. The Morgan fingerprint density at radius 2 is 1.77 bits per heavy atom. The van der Waals surface area contributed by atoms with E-state index in [0.717, 1.165) is 27.5 Å². The summed E-state index contributed by atoms with van der Waals surface area (Å²) in [4.78, 5) is 29.2. The van der Waals surface area contributed by atoms with Crippen LogP contribution < -0.4 is 20.5 Å². The van der Waals surface area contributed by atoms with Crippen LogP contribution in [0.2, 0.25) is 0 Å². The van der Waals surface area contributed by atoms with Crippen LogP contribution in [0.15, 0.2) is 79.1 Å². The van der Waals surface area contributed by atoms with Gasteiger partial charge >= 0.3 is 5.97 Å². The molecule has 0 saturated heterocycles. The first-order valence-electron chi connectivity index (χ1n) is 11.3. The van der Waals surface area contributed by atoms with Crippen molar-refractivity contribution in [3.05, 3.63) is 95.8 Å². The van der Waals surface area contributed by atoms with E-state index in [1.165, 1.54) is 0 Å². The van der Waals surface area contributed by atoms with E-state index in [1.54, 1.807) is 42.7 Å². The average molecular weight is 470 g/mol. The third kappa shape index (κ3) is 6.02. The van der Waals surface area contributed by atoms with E-state index in [1.807, 2.05) is 50.2 Å². The highest BCUT2D eigenvalue weighted by molar-refractivity contribution is 5.98. The van der Waals surface area contributed by atoms with Crippen LogP contribution in [0.4, 0.5) is 5.69 Å². The molecule has 1 atom stereocenters. The molecule has 7 nitrogen and oxygen atoms in total. The standard InChI is InChI=1S/C28H27N3O4/c1-18-3-10-26(19(2)13-18)35-27(32)17-34-24-8-5-20(6-9-24)25(15-29)28(33)31-23-7-4-22-16-30-12-11-21(22)14-23/h3-14,16,25H,15,17,29H2,1-2H3,(H,31,33). The van der Waals surface area contributed by atoms with Crippen LogP contribution in [-0.2, 0) is 9.59 Å². The predicted molar refractivity (Wildman–Crippen MR) is 136 cm³/mol. The molecule has 178 valence electrons. The summed E-state index contributed by atoms with van der Waals surface area (Å²) in [6.07, 6.45) is 3.49. The number of rotatable bonds is 8. The van der Waals surface area contributed by atoms with E-state index >= 15 is 0 Å². The molecule has 0 aliphatic carbocycles. The molecule has 0 aliphatic rings. The van der Waals surface area contributed by atoms with E-state index in [4.69, 9.17) is 15.2 Å². The second-order valence-electron chi connectivity index (χ2n) is 8.32. The zero-order chi connectivity index (χ0) is 24.8. The number of esters is 1. The number of hydrogen-bond acceptors (Lipinski definition) is 6. The number of carbonyl (C=O) groups is 2. The summed E-state index contributed by atoms with van der Waals surface area (Å²) in [6, 6.07) is 20.1. The van der Waals surface area contributed by atoms with Crippen LogP contribution in [0.3, 0.4) is 0 Å². The van der Waals surface area contributed by atoms with E-state index in [-0.39, 0.29) is 19.1 Å². The fourth-order valence-corrected chi connectivity index (χ4v) is 3.79. The lowest BCUT2D eigenvalue weighted by molar-refractivity contribution is -0.136. The largest absolute Gasteiger partial charge is 0.482 e.